The van der Waals surface area contributed by atoms with E-state index in [9.17, 15) is 0 Å². The molecule has 0 bridgehead atoms. The molecule has 0 aliphatic carbocycles. The Bertz CT molecular complexity index is 273. The maximum Gasteiger partial charge on any atom is 0.0642 e. The van der Waals surface area contributed by atoms with E-state index in [1.807, 2.05) is 0 Å². The fourth-order valence-corrected chi connectivity index (χ4v) is 13.8. The molecule has 2 heterocycles. The average molecular weight is 314 g/mol. The summed E-state index contributed by atoms with van der Waals surface area (Å²) in [5.41, 5.74) is 3.64. The zero-order valence-electron chi connectivity index (χ0n) is 14.3. The summed E-state index contributed by atoms with van der Waals surface area (Å²) in [5, 5.41) is 0. The Morgan fingerprint density at radius 1 is 0.650 bits per heavy atom. The highest BCUT2D eigenvalue weighted by Gasteiger charge is 2.45. The van der Waals surface area contributed by atoms with Crippen LogP contribution in [0.1, 0.15) is 66.2 Å². The van der Waals surface area contributed by atoms with E-state index < -0.39 is 14.5 Å². The lowest BCUT2D eigenvalue weighted by atomic mass is 10.1. The van der Waals surface area contributed by atoms with Crippen molar-refractivity contribution in [1.82, 2.24) is 0 Å². The molecule has 0 amide bonds. The normalized spacial score (nSPS) is 40.5. The Morgan fingerprint density at radius 2 is 0.900 bits per heavy atom. The Labute approximate surface area is 129 Å². The van der Waals surface area contributed by atoms with E-state index in [0.717, 1.165) is 22.6 Å². The molecule has 20 heavy (non-hydrogen) atoms. The van der Waals surface area contributed by atoms with E-state index in [2.05, 4.69) is 27.7 Å². The van der Waals surface area contributed by atoms with Gasteiger partial charge in [0.25, 0.3) is 0 Å². The van der Waals surface area contributed by atoms with Crippen LogP contribution < -0.4 is 0 Å². The van der Waals surface area contributed by atoms with Crippen LogP contribution in [-0.4, -0.2) is 35.0 Å². The van der Waals surface area contributed by atoms with Crippen LogP contribution in [0, 0.1) is 13.3 Å². The summed E-state index contributed by atoms with van der Waals surface area (Å²) in [4.78, 5) is 0. The van der Waals surface area contributed by atoms with Crippen molar-refractivity contribution in [1.29, 1.82) is 0 Å². The predicted octanol–water partition coefficient (Wildman–Crippen LogP) is 6.53. The fraction of sp³-hybridized carbons (Fsp3) is 0.889. The van der Waals surface area contributed by atoms with Crippen molar-refractivity contribution >= 4 is 14.5 Å². The van der Waals surface area contributed by atoms with Gasteiger partial charge in [-0.15, -0.1) is 14.5 Å². The lowest BCUT2D eigenvalue weighted by molar-refractivity contribution is 0.611. The third kappa shape index (κ3) is 3.13. The highest BCUT2D eigenvalue weighted by molar-refractivity contribution is 7.82. The maximum absolute atomic E-state index is 4.86. The lowest BCUT2D eigenvalue weighted by Gasteiger charge is -2.49. The van der Waals surface area contributed by atoms with Gasteiger partial charge in [0.05, 0.1) is 12.3 Å². The third-order valence-corrected chi connectivity index (χ3v) is 17.5. The van der Waals surface area contributed by atoms with Gasteiger partial charge in [-0.2, -0.15) is 13.3 Å². The molecule has 2 aliphatic heterocycles. The van der Waals surface area contributed by atoms with Gasteiger partial charge in [0, 0.05) is 22.6 Å². The molecule has 0 radical (unpaired) electrons. The standard InChI is InChI=1S/C18H36P2/c1-15-9-7-10-16(2)19(15,5)13-14-20(6)17(3)11-8-12-18(20)4/h15-18H,5-14H2,1-4H3/t15-,16-,17-,18-/m0/s1. The number of hydrogen-bond acceptors (Lipinski definition) is 0. The average Bonchev–Trinajstić information content (AvgIpc) is 2.40. The van der Waals surface area contributed by atoms with Gasteiger partial charge in [0.15, 0.2) is 0 Å². The zero-order valence-corrected chi connectivity index (χ0v) is 16.1. The van der Waals surface area contributed by atoms with Gasteiger partial charge in [-0.05, 0) is 66.2 Å². The largest absolute Gasteiger partial charge is 0.179 e. The van der Waals surface area contributed by atoms with Gasteiger partial charge in [0.1, 0.15) is 0 Å². The molecule has 0 aromatic carbocycles. The van der Waals surface area contributed by atoms with Crippen LogP contribution >= 0.6 is 14.5 Å². The van der Waals surface area contributed by atoms with Crippen LogP contribution in [0.15, 0.2) is 0 Å². The van der Waals surface area contributed by atoms with Gasteiger partial charge in [-0.3, -0.25) is 0 Å². The third-order valence-electron chi connectivity index (χ3n) is 6.93. The molecule has 0 nitrogen and oxygen atoms in total. The van der Waals surface area contributed by atoms with Crippen molar-refractivity contribution in [2.24, 2.45) is 0 Å². The molecule has 4 atom stereocenters. The molecular weight excluding hydrogens is 278 g/mol. The highest BCUT2D eigenvalue weighted by atomic mass is 31.2. The van der Waals surface area contributed by atoms with Crippen LogP contribution in [0.5, 0.6) is 0 Å². The van der Waals surface area contributed by atoms with E-state index in [-0.39, 0.29) is 0 Å². The minimum atomic E-state index is -0.970. The number of rotatable bonds is 3. The molecular formula is C18H36P2. The van der Waals surface area contributed by atoms with Gasteiger partial charge < -0.3 is 0 Å². The molecule has 0 spiro atoms. The van der Waals surface area contributed by atoms with Crippen molar-refractivity contribution in [2.75, 3.05) is 12.3 Å². The van der Waals surface area contributed by atoms with Crippen molar-refractivity contribution in [3.8, 4) is 0 Å². The summed E-state index contributed by atoms with van der Waals surface area (Å²) in [6.07, 6.45) is 11.5. The summed E-state index contributed by atoms with van der Waals surface area (Å²) in [6, 6.07) is 0. The first-order chi connectivity index (χ1) is 9.30. The van der Waals surface area contributed by atoms with E-state index in [4.69, 9.17) is 13.3 Å². The number of hydrogen-bond donors (Lipinski definition) is 0. The van der Waals surface area contributed by atoms with Crippen LogP contribution in [0.4, 0.5) is 0 Å². The molecule has 2 rings (SSSR count). The SMILES string of the molecule is [CH2-][P+]1(CC[P+]2([CH2-])[C@@H](C)CCC[C@@H]2C)[C@@H](C)CCC[C@@H]1C. The molecule has 118 valence electrons. The Kier molecular flexibility index (Phi) is 5.63. The monoisotopic (exact) mass is 314 g/mol. The Balaban J connectivity index is 2.05. The minimum absolute atomic E-state index is 0.910. The molecule has 2 saturated heterocycles. The topological polar surface area (TPSA) is 0 Å². The molecule has 2 fully saturated rings. The lowest BCUT2D eigenvalue weighted by Crippen LogP contribution is -2.31. The van der Waals surface area contributed by atoms with Crippen LogP contribution in [-0.2, 0) is 0 Å². The van der Waals surface area contributed by atoms with Gasteiger partial charge in [0.2, 0.25) is 0 Å². The first-order valence-electron chi connectivity index (χ1n) is 8.74. The summed E-state index contributed by atoms with van der Waals surface area (Å²) >= 11 is 0. The maximum atomic E-state index is 4.86. The van der Waals surface area contributed by atoms with Crippen molar-refractivity contribution in [2.45, 2.75) is 88.9 Å². The highest BCUT2D eigenvalue weighted by Crippen LogP contribution is 2.75. The quantitative estimate of drug-likeness (QED) is 0.410. The molecule has 0 unspecified atom stereocenters. The second-order valence-corrected chi connectivity index (χ2v) is 16.7. The molecule has 2 heteroatoms. The van der Waals surface area contributed by atoms with Crippen LogP contribution in [0.3, 0.4) is 0 Å². The zero-order chi connectivity index (χ0) is 15.0. The molecule has 0 saturated carbocycles. The van der Waals surface area contributed by atoms with Crippen LogP contribution in [0.2, 0.25) is 0 Å². The first-order valence-corrected chi connectivity index (χ1v) is 13.3. The van der Waals surface area contributed by atoms with E-state index in [1.165, 1.54) is 50.8 Å². The minimum Gasteiger partial charge on any atom is -0.179 e. The summed E-state index contributed by atoms with van der Waals surface area (Å²) in [7, 11) is -1.94. The summed E-state index contributed by atoms with van der Waals surface area (Å²) in [5.74, 6) is 0. The van der Waals surface area contributed by atoms with Gasteiger partial charge in [-0.25, -0.2) is 0 Å². The Hall–Kier alpha value is 0.860. The van der Waals surface area contributed by atoms with Crippen molar-refractivity contribution < 1.29 is 0 Å². The summed E-state index contributed by atoms with van der Waals surface area (Å²) < 4.78 is 0. The van der Waals surface area contributed by atoms with E-state index in [0.29, 0.717) is 0 Å². The first kappa shape index (κ1) is 17.2. The predicted molar refractivity (Wildman–Crippen MR) is 99.8 cm³/mol. The van der Waals surface area contributed by atoms with Gasteiger partial charge in [-0.1, -0.05) is 0 Å². The molecule has 2 aliphatic rings. The second kappa shape index (κ2) is 6.54. The fourth-order valence-electron chi connectivity index (χ4n) is 4.57. The van der Waals surface area contributed by atoms with Crippen LogP contribution in [0.25, 0.3) is 0 Å². The summed E-state index contributed by atoms with van der Waals surface area (Å²) in [6.45, 7) is 19.7. The van der Waals surface area contributed by atoms with E-state index in [1.54, 1.807) is 0 Å². The van der Waals surface area contributed by atoms with Crippen molar-refractivity contribution in [3.63, 3.8) is 0 Å². The Morgan fingerprint density at radius 3 is 1.15 bits per heavy atom. The molecule has 0 aromatic rings. The van der Waals surface area contributed by atoms with Gasteiger partial charge >= 0.3 is 0 Å². The second-order valence-electron chi connectivity index (χ2n) is 7.91. The smallest absolute Gasteiger partial charge is 0.0642 e. The molecule has 0 N–H and O–H groups in total. The van der Waals surface area contributed by atoms with E-state index >= 15 is 0 Å². The van der Waals surface area contributed by atoms with Crippen molar-refractivity contribution in [3.05, 3.63) is 13.3 Å². The molecule has 0 aromatic heterocycles.